The highest BCUT2D eigenvalue weighted by Crippen LogP contribution is 2.27. The van der Waals surface area contributed by atoms with Crippen molar-refractivity contribution in [3.63, 3.8) is 0 Å². The number of rotatable bonds is 6. The maximum absolute atomic E-state index is 11.3. The van der Waals surface area contributed by atoms with Gasteiger partial charge in [-0.05, 0) is 24.1 Å². The van der Waals surface area contributed by atoms with Gasteiger partial charge in [0.25, 0.3) is 0 Å². The fraction of sp³-hybridized carbons (Fsp3) is 0.462. The number of hydrogen-bond acceptors (Lipinski definition) is 4. The van der Waals surface area contributed by atoms with Crippen LogP contribution >= 0.6 is 0 Å². The third kappa shape index (κ3) is 3.63. The Morgan fingerprint density at radius 3 is 2.50 bits per heavy atom. The van der Waals surface area contributed by atoms with Gasteiger partial charge in [-0.2, -0.15) is 0 Å². The summed E-state index contributed by atoms with van der Waals surface area (Å²) in [4.78, 5) is 12.9. The molecule has 1 aromatic carbocycles. The summed E-state index contributed by atoms with van der Waals surface area (Å²) in [7, 11) is 4.95. The van der Waals surface area contributed by atoms with E-state index in [0.717, 1.165) is 12.0 Å². The van der Waals surface area contributed by atoms with E-state index in [0.29, 0.717) is 18.0 Å². The largest absolute Gasteiger partial charge is 0.493 e. The SMILES string of the molecule is COc1ccc(CCN(C)C(=O)CN)cc1OC. The maximum atomic E-state index is 11.3. The lowest BCUT2D eigenvalue weighted by Crippen LogP contribution is -2.34. The van der Waals surface area contributed by atoms with Crippen LogP contribution in [0.15, 0.2) is 18.2 Å². The predicted octanol–water partition coefficient (Wildman–Crippen LogP) is 0.663. The van der Waals surface area contributed by atoms with Crippen molar-refractivity contribution in [2.75, 3.05) is 34.4 Å². The molecule has 0 aliphatic heterocycles. The summed E-state index contributed by atoms with van der Waals surface area (Å²) in [6.07, 6.45) is 0.753. The van der Waals surface area contributed by atoms with Crippen LogP contribution in [0, 0.1) is 0 Å². The predicted molar refractivity (Wildman–Crippen MR) is 69.9 cm³/mol. The molecule has 1 aromatic rings. The van der Waals surface area contributed by atoms with Crippen LogP contribution in [0.25, 0.3) is 0 Å². The minimum atomic E-state index is -0.0597. The van der Waals surface area contributed by atoms with Gasteiger partial charge in [0.15, 0.2) is 11.5 Å². The third-order valence-electron chi connectivity index (χ3n) is 2.78. The molecular weight excluding hydrogens is 232 g/mol. The van der Waals surface area contributed by atoms with Crippen LogP contribution in [-0.2, 0) is 11.2 Å². The normalized spacial score (nSPS) is 10.0. The molecule has 18 heavy (non-hydrogen) atoms. The Bertz CT molecular complexity index is 407. The molecule has 100 valence electrons. The number of methoxy groups -OCH3 is 2. The van der Waals surface area contributed by atoms with E-state index in [9.17, 15) is 4.79 Å². The maximum Gasteiger partial charge on any atom is 0.236 e. The first-order valence-corrected chi connectivity index (χ1v) is 5.77. The molecule has 0 aliphatic carbocycles. The minimum Gasteiger partial charge on any atom is -0.493 e. The molecule has 1 amide bonds. The number of likely N-dealkylation sites (N-methyl/N-ethyl adjacent to an activating group) is 1. The molecular formula is C13H20N2O3. The number of nitrogens with two attached hydrogens (primary N) is 1. The van der Waals surface area contributed by atoms with Crippen molar-refractivity contribution in [3.8, 4) is 11.5 Å². The lowest BCUT2D eigenvalue weighted by molar-refractivity contribution is -0.128. The molecule has 0 spiro atoms. The van der Waals surface area contributed by atoms with E-state index in [1.807, 2.05) is 18.2 Å². The fourth-order valence-corrected chi connectivity index (χ4v) is 1.61. The van der Waals surface area contributed by atoms with Crippen molar-refractivity contribution >= 4 is 5.91 Å². The van der Waals surface area contributed by atoms with E-state index in [1.165, 1.54) is 0 Å². The van der Waals surface area contributed by atoms with Crippen LogP contribution in [0.3, 0.4) is 0 Å². The Morgan fingerprint density at radius 2 is 1.94 bits per heavy atom. The highest BCUT2D eigenvalue weighted by Gasteiger charge is 2.08. The molecule has 0 heterocycles. The van der Waals surface area contributed by atoms with Crippen LogP contribution < -0.4 is 15.2 Å². The summed E-state index contributed by atoms with van der Waals surface area (Å²) in [6, 6.07) is 5.74. The first kappa shape index (κ1) is 14.3. The quantitative estimate of drug-likeness (QED) is 0.808. The molecule has 0 saturated carbocycles. The number of hydrogen-bond donors (Lipinski definition) is 1. The van der Waals surface area contributed by atoms with E-state index in [2.05, 4.69) is 0 Å². The number of carbonyl (C=O) groups excluding carboxylic acids is 1. The van der Waals surface area contributed by atoms with Crippen molar-refractivity contribution in [2.24, 2.45) is 5.73 Å². The van der Waals surface area contributed by atoms with Crippen LogP contribution in [0.2, 0.25) is 0 Å². The first-order chi connectivity index (χ1) is 8.62. The van der Waals surface area contributed by atoms with E-state index in [-0.39, 0.29) is 12.5 Å². The second-order valence-corrected chi connectivity index (χ2v) is 3.96. The van der Waals surface area contributed by atoms with Crippen molar-refractivity contribution in [3.05, 3.63) is 23.8 Å². The van der Waals surface area contributed by atoms with Crippen LogP contribution in [0.1, 0.15) is 5.56 Å². The molecule has 1 rings (SSSR count). The molecule has 0 unspecified atom stereocenters. The molecule has 0 aliphatic rings. The second-order valence-electron chi connectivity index (χ2n) is 3.96. The molecule has 0 bridgehead atoms. The van der Waals surface area contributed by atoms with Gasteiger partial charge in [0, 0.05) is 13.6 Å². The topological polar surface area (TPSA) is 64.8 Å². The molecule has 5 nitrogen and oxygen atoms in total. The summed E-state index contributed by atoms with van der Waals surface area (Å²) in [6.45, 7) is 0.675. The average molecular weight is 252 g/mol. The number of nitrogens with zero attached hydrogens (tertiary/aromatic N) is 1. The number of ether oxygens (including phenoxy) is 2. The second kappa shape index (κ2) is 6.86. The number of benzene rings is 1. The summed E-state index contributed by atoms with van der Waals surface area (Å²) >= 11 is 0. The molecule has 2 N–H and O–H groups in total. The van der Waals surface area contributed by atoms with Gasteiger partial charge in [-0.1, -0.05) is 6.07 Å². The Labute approximate surface area is 107 Å². The Kier molecular flexibility index (Phi) is 5.45. The summed E-state index contributed by atoms with van der Waals surface area (Å²) < 4.78 is 10.4. The zero-order valence-corrected chi connectivity index (χ0v) is 11.1. The third-order valence-corrected chi connectivity index (χ3v) is 2.78. The van der Waals surface area contributed by atoms with Gasteiger partial charge in [-0.15, -0.1) is 0 Å². The van der Waals surface area contributed by atoms with E-state index in [1.54, 1.807) is 26.2 Å². The van der Waals surface area contributed by atoms with Gasteiger partial charge in [-0.3, -0.25) is 4.79 Å². The molecule has 0 aromatic heterocycles. The standard InChI is InChI=1S/C13H20N2O3/c1-15(13(16)9-14)7-6-10-4-5-11(17-2)12(8-10)18-3/h4-5,8H,6-7,9,14H2,1-3H3. The zero-order valence-electron chi connectivity index (χ0n) is 11.1. The lowest BCUT2D eigenvalue weighted by atomic mass is 10.1. The Balaban J connectivity index is 2.65. The molecule has 0 fully saturated rings. The van der Waals surface area contributed by atoms with Gasteiger partial charge < -0.3 is 20.1 Å². The summed E-state index contributed by atoms with van der Waals surface area (Å²) in [5.74, 6) is 1.34. The molecule has 0 atom stereocenters. The van der Waals surface area contributed by atoms with E-state index in [4.69, 9.17) is 15.2 Å². The Hall–Kier alpha value is -1.75. The van der Waals surface area contributed by atoms with Crippen LogP contribution in [0.4, 0.5) is 0 Å². The van der Waals surface area contributed by atoms with Crippen molar-refractivity contribution < 1.29 is 14.3 Å². The van der Waals surface area contributed by atoms with E-state index < -0.39 is 0 Å². The van der Waals surface area contributed by atoms with Gasteiger partial charge in [0.1, 0.15) is 0 Å². The van der Waals surface area contributed by atoms with Crippen LogP contribution in [0.5, 0.6) is 11.5 Å². The Morgan fingerprint density at radius 1 is 1.28 bits per heavy atom. The summed E-state index contributed by atoms with van der Waals surface area (Å²) in [5.41, 5.74) is 6.39. The monoisotopic (exact) mass is 252 g/mol. The zero-order chi connectivity index (χ0) is 13.5. The molecule has 5 heteroatoms. The van der Waals surface area contributed by atoms with E-state index >= 15 is 0 Å². The lowest BCUT2D eigenvalue weighted by Gasteiger charge is -2.16. The van der Waals surface area contributed by atoms with Gasteiger partial charge >= 0.3 is 0 Å². The van der Waals surface area contributed by atoms with Crippen molar-refractivity contribution in [1.29, 1.82) is 0 Å². The molecule has 0 radical (unpaired) electrons. The van der Waals surface area contributed by atoms with Gasteiger partial charge in [0.2, 0.25) is 5.91 Å². The minimum absolute atomic E-state index is 0.0441. The summed E-state index contributed by atoms with van der Waals surface area (Å²) in [5, 5.41) is 0. The highest BCUT2D eigenvalue weighted by atomic mass is 16.5. The fourth-order valence-electron chi connectivity index (χ4n) is 1.61. The first-order valence-electron chi connectivity index (χ1n) is 5.77. The van der Waals surface area contributed by atoms with Gasteiger partial charge in [-0.25, -0.2) is 0 Å². The highest BCUT2D eigenvalue weighted by molar-refractivity contribution is 5.77. The number of amides is 1. The molecule has 0 saturated heterocycles. The van der Waals surface area contributed by atoms with Crippen molar-refractivity contribution in [2.45, 2.75) is 6.42 Å². The smallest absolute Gasteiger partial charge is 0.236 e. The van der Waals surface area contributed by atoms with Gasteiger partial charge in [0.05, 0.1) is 20.8 Å². The van der Waals surface area contributed by atoms with Crippen LogP contribution in [-0.4, -0.2) is 45.2 Å². The average Bonchev–Trinajstić information content (AvgIpc) is 2.43. The number of carbonyl (C=O) groups is 1. The van der Waals surface area contributed by atoms with Crippen molar-refractivity contribution in [1.82, 2.24) is 4.90 Å².